The Kier molecular flexibility index (Phi) is 3.99. The summed E-state index contributed by atoms with van der Waals surface area (Å²) in [4.78, 5) is 12.1. The van der Waals surface area contributed by atoms with Crippen LogP contribution in [-0.4, -0.2) is 28.9 Å². The fraction of sp³-hybridized carbons (Fsp3) is 0.438. The first kappa shape index (κ1) is 13.8. The van der Waals surface area contributed by atoms with Gasteiger partial charge in [0.15, 0.2) is 5.75 Å². The Bertz CT molecular complexity index is 651. The van der Waals surface area contributed by atoms with Gasteiger partial charge < -0.3 is 9.47 Å². The topological polar surface area (TPSA) is 61.3 Å². The summed E-state index contributed by atoms with van der Waals surface area (Å²) in [5, 5.41) is 8.91. The van der Waals surface area contributed by atoms with Crippen LogP contribution >= 0.6 is 0 Å². The summed E-state index contributed by atoms with van der Waals surface area (Å²) in [6.07, 6.45) is 4.49. The number of rotatable bonds is 4. The van der Waals surface area contributed by atoms with Gasteiger partial charge in [0.25, 0.3) is 0 Å². The Morgan fingerprint density at radius 1 is 1.24 bits per heavy atom. The van der Waals surface area contributed by atoms with Crippen LogP contribution in [-0.2, 0) is 4.74 Å². The van der Waals surface area contributed by atoms with Crippen LogP contribution in [0.4, 0.5) is 0 Å². The third-order valence-electron chi connectivity index (χ3n) is 3.68. The molecular weight excluding hydrogens is 268 g/mol. The van der Waals surface area contributed by atoms with Crippen LogP contribution in [0, 0.1) is 0 Å². The molecule has 0 bridgehead atoms. The molecule has 3 rings (SSSR count). The summed E-state index contributed by atoms with van der Waals surface area (Å²) < 4.78 is 11.1. The molecule has 1 heterocycles. The van der Waals surface area contributed by atoms with Crippen LogP contribution in [0.5, 0.6) is 5.75 Å². The zero-order chi connectivity index (χ0) is 14.7. The maximum absolute atomic E-state index is 12.1. The first-order valence-corrected chi connectivity index (χ1v) is 7.38. The number of fused-ring (bicyclic) bond motifs is 1. The number of esters is 1. The van der Waals surface area contributed by atoms with E-state index in [1.807, 2.05) is 24.3 Å². The van der Waals surface area contributed by atoms with E-state index in [0.29, 0.717) is 12.4 Å². The minimum absolute atomic E-state index is 0.144. The minimum atomic E-state index is -0.483. The number of carbonyl (C=O) groups excluding carboxylic acids is 1. The van der Waals surface area contributed by atoms with Gasteiger partial charge in [-0.1, -0.05) is 12.1 Å². The van der Waals surface area contributed by atoms with Crippen LogP contribution in [0.25, 0.3) is 10.9 Å². The number of hydrogen-bond donors (Lipinski definition) is 0. The Balaban J connectivity index is 2.05. The van der Waals surface area contributed by atoms with Gasteiger partial charge in [0, 0.05) is 5.39 Å². The van der Waals surface area contributed by atoms with E-state index in [1.54, 1.807) is 6.92 Å². The first-order chi connectivity index (χ1) is 10.3. The van der Waals surface area contributed by atoms with E-state index in [-0.39, 0.29) is 11.8 Å². The van der Waals surface area contributed by atoms with E-state index in [0.717, 1.165) is 36.6 Å². The van der Waals surface area contributed by atoms with Gasteiger partial charge in [-0.25, -0.2) is 4.79 Å². The van der Waals surface area contributed by atoms with Gasteiger partial charge in [0.2, 0.25) is 5.69 Å². The van der Waals surface area contributed by atoms with Crippen molar-refractivity contribution in [3.63, 3.8) is 0 Å². The zero-order valence-electron chi connectivity index (χ0n) is 12.0. The SMILES string of the molecule is CCOC(=O)c1nnc2ccccc2c1OC1CCCC1. The summed E-state index contributed by atoms with van der Waals surface area (Å²) in [6, 6.07) is 7.55. The van der Waals surface area contributed by atoms with Gasteiger partial charge in [-0.15, -0.1) is 10.2 Å². The van der Waals surface area contributed by atoms with E-state index in [9.17, 15) is 4.79 Å². The Labute approximate surface area is 123 Å². The van der Waals surface area contributed by atoms with E-state index in [1.165, 1.54) is 0 Å². The quantitative estimate of drug-likeness (QED) is 0.808. The number of aromatic nitrogens is 2. The molecule has 1 fully saturated rings. The maximum atomic E-state index is 12.1. The Morgan fingerprint density at radius 3 is 2.76 bits per heavy atom. The van der Waals surface area contributed by atoms with Gasteiger partial charge >= 0.3 is 5.97 Å². The number of hydrogen-bond acceptors (Lipinski definition) is 5. The molecule has 5 nitrogen and oxygen atoms in total. The molecule has 110 valence electrons. The zero-order valence-corrected chi connectivity index (χ0v) is 12.0. The second kappa shape index (κ2) is 6.08. The summed E-state index contributed by atoms with van der Waals surface area (Å²) in [7, 11) is 0. The molecule has 1 aromatic carbocycles. The molecule has 0 spiro atoms. The van der Waals surface area contributed by atoms with Crippen LogP contribution in [0.3, 0.4) is 0 Å². The van der Waals surface area contributed by atoms with Crippen molar-refractivity contribution in [2.75, 3.05) is 6.61 Å². The average Bonchev–Trinajstić information content (AvgIpc) is 3.01. The van der Waals surface area contributed by atoms with Crippen molar-refractivity contribution in [1.29, 1.82) is 0 Å². The molecule has 0 N–H and O–H groups in total. The highest BCUT2D eigenvalue weighted by atomic mass is 16.5. The summed E-state index contributed by atoms with van der Waals surface area (Å²) in [5.74, 6) is 0.0229. The van der Waals surface area contributed by atoms with Crippen LogP contribution < -0.4 is 4.74 Å². The second-order valence-corrected chi connectivity index (χ2v) is 5.14. The third kappa shape index (κ3) is 2.82. The lowest BCUT2D eigenvalue weighted by Gasteiger charge is -2.16. The standard InChI is InChI=1S/C16H18N2O3/c1-2-20-16(19)14-15(21-11-7-3-4-8-11)12-9-5-6-10-13(12)17-18-14/h5-6,9-11H,2-4,7-8H2,1H3. The van der Waals surface area contributed by atoms with Gasteiger partial charge in [-0.3, -0.25) is 0 Å². The number of carbonyl (C=O) groups is 1. The van der Waals surface area contributed by atoms with Crippen LogP contribution in [0.2, 0.25) is 0 Å². The number of nitrogens with zero attached hydrogens (tertiary/aromatic N) is 2. The van der Waals surface area contributed by atoms with Crippen molar-refractivity contribution in [2.24, 2.45) is 0 Å². The smallest absolute Gasteiger partial charge is 0.362 e. The Morgan fingerprint density at radius 2 is 2.00 bits per heavy atom. The first-order valence-electron chi connectivity index (χ1n) is 7.38. The number of benzene rings is 1. The normalized spacial score (nSPS) is 15.3. The highest BCUT2D eigenvalue weighted by Gasteiger charge is 2.24. The highest BCUT2D eigenvalue weighted by molar-refractivity contribution is 5.97. The van der Waals surface area contributed by atoms with Crippen molar-refractivity contribution >= 4 is 16.9 Å². The molecule has 0 atom stereocenters. The molecule has 0 unspecified atom stereocenters. The fourth-order valence-electron chi connectivity index (χ4n) is 2.65. The average molecular weight is 286 g/mol. The lowest BCUT2D eigenvalue weighted by molar-refractivity contribution is 0.0510. The maximum Gasteiger partial charge on any atom is 0.362 e. The molecule has 1 aliphatic carbocycles. The largest absolute Gasteiger partial charge is 0.487 e. The van der Waals surface area contributed by atoms with Gasteiger partial charge in [0.1, 0.15) is 0 Å². The van der Waals surface area contributed by atoms with E-state index in [2.05, 4.69) is 10.2 Å². The molecule has 1 aliphatic rings. The van der Waals surface area contributed by atoms with Crippen molar-refractivity contribution in [1.82, 2.24) is 10.2 Å². The second-order valence-electron chi connectivity index (χ2n) is 5.14. The Hall–Kier alpha value is -2.17. The third-order valence-corrected chi connectivity index (χ3v) is 3.68. The van der Waals surface area contributed by atoms with Crippen molar-refractivity contribution in [3.8, 4) is 5.75 Å². The van der Waals surface area contributed by atoms with Gasteiger partial charge in [0.05, 0.1) is 18.2 Å². The molecule has 1 aromatic heterocycles. The highest BCUT2D eigenvalue weighted by Crippen LogP contribution is 2.31. The molecule has 0 aliphatic heterocycles. The summed E-state index contributed by atoms with van der Waals surface area (Å²) in [5.41, 5.74) is 0.890. The molecule has 1 saturated carbocycles. The molecule has 21 heavy (non-hydrogen) atoms. The molecule has 5 heteroatoms. The van der Waals surface area contributed by atoms with E-state index < -0.39 is 5.97 Å². The van der Waals surface area contributed by atoms with Crippen molar-refractivity contribution in [2.45, 2.75) is 38.7 Å². The van der Waals surface area contributed by atoms with E-state index >= 15 is 0 Å². The molecular formula is C16H18N2O3. The van der Waals surface area contributed by atoms with Gasteiger partial charge in [-0.05, 0) is 44.7 Å². The summed E-state index contributed by atoms with van der Waals surface area (Å²) in [6.45, 7) is 2.07. The van der Waals surface area contributed by atoms with Crippen molar-refractivity contribution < 1.29 is 14.3 Å². The monoisotopic (exact) mass is 286 g/mol. The number of ether oxygens (including phenoxy) is 2. The van der Waals surface area contributed by atoms with Crippen molar-refractivity contribution in [3.05, 3.63) is 30.0 Å². The minimum Gasteiger partial charge on any atom is -0.487 e. The molecule has 2 aromatic rings. The predicted octanol–water partition coefficient (Wildman–Crippen LogP) is 3.13. The van der Waals surface area contributed by atoms with Gasteiger partial charge in [-0.2, -0.15) is 0 Å². The predicted molar refractivity (Wildman–Crippen MR) is 78.4 cm³/mol. The summed E-state index contributed by atoms with van der Waals surface area (Å²) >= 11 is 0. The van der Waals surface area contributed by atoms with Crippen LogP contribution in [0.1, 0.15) is 43.1 Å². The lowest BCUT2D eigenvalue weighted by atomic mass is 10.2. The molecule has 0 radical (unpaired) electrons. The fourth-order valence-corrected chi connectivity index (χ4v) is 2.65. The van der Waals surface area contributed by atoms with E-state index in [4.69, 9.17) is 9.47 Å². The molecule has 0 amide bonds. The van der Waals surface area contributed by atoms with Crippen LogP contribution in [0.15, 0.2) is 24.3 Å². The lowest BCUT2D eigenvalue weighted by Crippen LogP contribution is -2.17. The molecule has 0 saturated heterocycles.